The van der Waals surface area contributed by atoms with Crippen molar-refractivity contribution in [2.24, 2.45) is 17.6 Å². The second kappa shape index (κ2) is 9.75. The molecule has 142 valence electrons. The van der Waals surface area contributed by atoms with Crippen molar-refractivity contribution in [3.63, 3.8) is 0 Å². The Labute approximate surface area is 154 Å². The molecule has 0 spiro atoms. The van der Waals surface area contributed by atoms with Gasteiger partial charge in [-0.05, 0) is 17.4 Å². The van der Waals surface area contributed by atoms with Gasteiger partial charge in [-0.1, -0.05) is 64.1 Å². The van der Waals surface area contributed by atoms with Crippen molar-refractivity contribution in [2.75, 3.05) is 0 Å². The first-order chi connectivity index (χ1) is 12.1. The van der Waals surface area contributed by atoms with Crippen LogP contribution in [0.5, 0.6) is 0 Å². The summed E-state index contributed by atoms with van der Waals surface area (Å²) in [6, 6.07) is 8.41. The van der Waals surface area contributed by atoms with Gasteiger partial charge >= 0.3 is 5.97 Å². The van der Waals surface area contributed by atoms with Gasteiger partial charge in [-0.2, -0.15) is 0 Å². The highest BCUT2D eigenvalue weighted by molar-refractivity contribution is 5.99. The summed E-state index contributed by atoms with van der Waals surface area (Å²) in [5, 5.41) is 9.17. The Morgan fingerprint density at radius 3 is 2.12 bits per heavy atom. The van der Waals surface area contributed by atoms with Gasteiger partial charge in [-0.15, -0.1) is 0 Å². The molecule has 0 saturated heterocycles. The Kier molecular flexibility index (Phi) is 8.03. The van der Waals surface area contributed by atoms with Gasteiger partial charge in [-0.3, -0.25) is 14.4 Å². The summed E-state index contributed by atoms with van der Waals surface area (Å²) in [5.41, 5.74) is 6.57. The van der Waals surface area contributed by atoms with Crippen LogP contribution in [-0.4, -0.2) is 33.8 Å². The van der Waals surface area contributed by atoms with Gasteiger partial charge in [0, 0.05) is 12.1 Å². The molecule has 0 radical (unpaired) electrons. The first-order valence-corrected chi connectivity index (χ1v) is 8.70. The lowest BCUT2D eigenvalue weighted by atomic mass is 9.98. The Hall–Kier alpha value is -2.63. The first-order valence-electron chi connectivity index (χ1n) is 8.70. The van der Waals surface area contributed by atoms with Crippen LogP contribution in [0.15, 0.2) is 42.0 Å². The van der Waals surface area contributed by atoms with Gasteiger partial charge in [-0.25, -0.2) is 0 Å². The number of carboxylic acids is 1. The van der Waals surface area contributed by atoms with Gasteiger partial charge in [0.25, 0.3) is 5.91 Å². The van der Waals surface area contributed by atoms with Crippen LogP contribution < -0.4 is 5.73 Å². The average molecular weight is 360 g/mol. The number of rotatable bonds is 9. The maximum Gasteiger partial charge on any atom is 0.308 e. The normalized spacial score (nSPS) is 12.9. The predicted octanol–water partition coefficient (Wildman–Crippen LogP) is 2.58. The third-order valence-corrected chi connectivity index (χ3v) is 3.87. The molecule has 0 aliphatic heterocycles. The zero-order chi connectivity index (χ0) is 19.9. The number of hydrogen-bond donors (Lipinski definition) is 2. The molecular formula is C20H28N2O4. The Bertz CT molecular complexity index is 666. The van der Waals surface area contributed by atoms with E-state index in [-0.39, 0.29) is 24.0 Å². The SMILES string of the molecule is CC(C)C=C(CC(=O)O)C(=O)N(Cc1ccccc1)[C@H](C(N)=O)C(C)C. The summed E-state index contributed by atoms with van der Waals surface area (Å²) in [4.78, 5) is 37.8. The van der Waals surface area contributed by atoms with Crippen LogP contribution in [-0.2, 0) is 20.9 Å². The highest BCUT2D eigenvalue weighted by Gasteiger charge is 2.33. The molecule has 6 nitrogen and oxygen atoms in total. The molecule has 1 aromatic rings. The second-order valence-corrected chi connectivity index (χ2v) is 7.02. The van der Waals surface area contributed by atoms with Crippen molar-refractivity contribution in [3.05, 3.63) is 47.5 Å². The molecule has 0 aromatic heterocycles. The molecule has 0 aliphatic carbocycles. The number of nitrogens with two attached hydrogens (primary N) is 1. The van der Waals surface area contributed by atoms with Gasteiger partial charge < -0.3 is 15.7 Å². The number of nitrogens with zero attached hydrogens (tertiary/aromatic N) is 1. The van der Waals surface area contributed by atoms with E-state index >= 15 is 0 Å². The molecule has 6 heteroatoms. The molecule has 0 bridgehead atoms. The predicted molar refractivity (Wildman–Crippen MR) is 100.0 cm³/mol. The fourth-order valence-corrected chi connectivity index (χ4v) is 2.87. The number of aliphatic carboxylic acids is 1. The number of amides is 2. The fourth-order valence-electron chi connectivity index (χ4n) is 2.87. The fraction of sp³-hybridized carbons (Fsp3) is 0.450. The zero-order valence-electron chi connectivity index (χ0n) is 15.8. The highest BCUT2D eigenvalue weighted by atomic mass is 16.4. The van der Waals surface area contributed by atoms with Crippen LogP contribution in [0.2, 0.25) is 0 Å². The summed E-state index contributed by atoms with van der Waals surface area (Å²) in [6.07, 6.45) is 1.23. The van der Waals surface area contributed by atoms with E-state index in [2.05, 4.69) is 0 Å². The third-order valence-electron chi connectivity index (χ3n) is 3.87. The topological polar surface area (TPSA) is 101 Å². The van der Waals surface area contributed by atoms with Gasteiger partial charge in [0.2, 0.25) is 5.91 Å². The van der Waals surface area contributed by atoms with E-state index in [1.54, 1.807) is 6.08 Å². The summed E-state index contributed by atoms with van der Waals surface area (Å²) in [7, 11) is 0. The van der Waals surface area contributed by atoms with Gasteiger partial charge in [0.15, 0.2) is 0 Å². The van der Waals surface area contributed by atoms with E-state index in [1.165, 1.54) is 4.90 Å². The first kappa shape index (κ1) is 21.4. The molecule has 2 amide bonds. The van der Waals surface area contributed by atoms with Crippen LogP contribution in [0.25, 0.3) is 0 Å². The number of hydrogen-bond acceptors (Lipinski definition) is 3. The Balaban J connectivity index is 3.33. The molecule has 1 atom stereocenters. The molecule has 1 aromatic carbocycles. The largest absolute Gasteiger partial charge is 0.481 e. The van der Waals surface area contributed by atoms with E-state index in [0.717, 1.165) is 5.56 Å². The Morgan fingerprint density at radius 2 is 1.69 bits per heavy atom. The molecule has 0 heterocycles. The molecule has 3 N–H and O–H groups in total. The lowest BCUT2D eigenvalue weighted by Crippen LogP contribution is -2.51. The number of primary amides is 1. The maximum atomic E-state index is 13.2. The van der Waals surface area contributed by atoms with Crippen molar-refractivity contribution in [1.29, 1.82) is 0 Å². The van der Waals surface area contributed by atoms with Crippen LogP contribution in [0.3, 0.4) is 0 Å². The minimum absolute atomic E-state index is 0.00190. The summed E-state index contributed by atoms with van der Waals surface area (Å²) in [6.45, 7) is 7.53. The van der Waals surface area contributed by atoms with E-state index in [4.69, 9.17) is 5.73 Å². The van der Waals surface area contributed by atoms with Gasteiger partial charge in [0.05, 0.1) is 6.42 Å². The quantitative estimate of drug-likeness (QED) is 0.661. The van der Waals surface area contributed by atoms with Crippen molar-refractivity contribution in [2.45, 2.75) is 46.7 Å². The summed E-state index contributed by atoms with van der Waals surface area (Å²) < 4.78 is 0. The van der Waals surface area contributed by atoms with E-state index in [0.29, 0.717) is 0 Å². The molecule has 26 heavy (non-hydrogen) atoms. The van der Waals surface area contributed by atoms with Gasteiger partial charge in [0.1, 0.15) is 6.04 Å². The minimum Gasteiger partial charge on any atom is -0.481 e. The van der Waals surface area contributed by atoms with E-state index < -0.39 is 30.2 Å². The van der Waals surface area contributed by atoms with E-state index in [1.807, 2.05) is 58.0 Å². The lowest BCUT2D eigenvalue weighted by molar-refractivity contribution is -0.141. The molecule has 0 saturated carbocycles. The number of carboxylic acid groups (broad SMARTS) is 1. The molecule has 0 fully saturated rings. The monoisotopic (exact) mass is 360 g/mol. The molecule has 0 unspecified atom stereocenters. The van der Waals surface area contributed by atoms with Crippen LogP contribution in [0, 0.1) is 11.8 Å². The van der Waals surface area contributed by atoms with Crippen LogP contribution in [0.4, 0.5) is 0 Å². The number of allylic oxidation sites excluding steroid dienone is 1. The minimum atomic E-state index is -1.09. The standard InChI is InChI=1S/C20H28N2O4/c1-13(2)10-16(11-17(23)24)20(26)22(18(14(3)4)19(21)25)12-15-8-6-5-7-9-15/h5-10,13-14,18H,11-12H2,1-4H3,(H2,21,25)(H,23,24)/t18-/m0/s1. The maximum absolute atomic E-state index is 13.2. The Morgan fingerprint density at radius 1 is 1.12 bits per heavy atom. The highest BCUT2D eigenvalue weighted by Crippen LogP contribution is 2.20. The molecule has 1 rings (SSSR count). The van der Waals surface area contributed by atoms with Crippen molar-refractivity contribution >= 4 is 17.8 Å². The van der Waals surface area contributed by atoms with Crippen molar-refractivity contribution < 1.29 is 19.5 Å². The van der Waals surface area contributed by atoms with Crippen molar-refractivity contribution in [3.8, 4) is 0 Å². The smallest absolute Gasteiger partial charge is 0.308 e. The molecular weight excluding hydrogens is 332 g/mol. The third kappa shape index (κ3) is 6.35. The van der Waals surface area contributed by atoms with Crippen molar-refractivity contribution in [1.82, 2.24) is 4.90 Å². The second-order valence-electron chi connectivity index (χ2n) is 7.02. The zero-order valence-corrected chi connectivity index (χ0v) is 15.8. The summed E-state index contributed by atoms with van der Waals surface area (Å²) >= 11 is 0. The molecule has 0 aliphatic rings. The lowest BCUT2D eigenvalue weighted by Gasteiger charge is -2.33. The number of carbonyl (C=O) groups excluding carboxylic acids is 2. The number of benzene rings is 1. The van der Waals surface area contributed by atoms with Crippen LogP contribution >= 0.6 is 0 Å². The van der Waals surface area contributed by atoms with Crippen LogP contribution in [0.1, 0.15) is 39.7 Å². The summed E-state index contributed by atoms with van der Waals surface area (Å²) in [5.74, 6) is -2.38. The number of carbonyl (C=O) groups is 3. The van der Waals surface area contributed by atoms with E-state index in [9.17, 15) is 19.5 Å². The average Bonchev–Trinajstić information content (AvgIpc) is 2.52.